The van der Waals surface area contributed by atoms with E-state index in [1.807, 2.05) is 0 Å². The topological polar surface area (TPSA) is 66.5 Å². The third kappa shape index (κ3) is 3.78. The fourth-order valence-corrected chi connectivity index (χ4v) is 4.47. The van der Waals surface area contributed by atoms with Crippen LogP contribution in [0.3, 0.4) is 0 Å². The smallest absolute Gasteiger partial charge is 0.241 e. The third-order valence-corrected chi connectivity index (χ3v) is 6.10. The Kier molecular flexibility index (Phi) is 5.11. The van der Waals surface area contributed by atoms with Gasteiger partial charge < -0.3 is 4.90 Å². The zero-order chi connectivity index (χ0) is 18.9. The van der Waals surface area contributed by atoms with Gasteiger partial charge in [-0.1, -0.05) is 12.1 Å². The summed E-state index contributed by atoms with van der Waals surface area (Å²) in [7, 11) is -3.74. The highest BCUT2D eigenvalue weighted by Gasteiger charge is 2.24. The van der Waals surface area contributed by atoms with Crippen LogP contribution in [0.15, 0.2) is 47.4 Å². The largest absolute Gasteiger partial charge is 0.312 e. The van der Waals surface area contributed by atoms with Gasteiger partial charge in [0, 0.05) is 25.2 Å². The van der Waals surface area contributed by atoms with Crippen LogP contribution in [0.2, 0.25) is 0 Å². The Morgan fingerprint density at radius 1 is 1.19 bits per heavy atom. The molecule has 1 atom stereocenters. The van der Waals surface area contributed by atoms with E-state index in [0.29, 0.717) is 12.1 Å². The second kappa shape index (κ2) is 7.17. The normalized spacial score (nSPS) is 15.4. The van der Waals surface area contributed by atoms with Crippen molar-refractivity contribution in [2.75, 3.05) is 11.4 Å². The molecule has 7 heteroatoms. The summed E-state index contributed by atoms with van der Waals surface area (Å²) < 4.78 is 41.1. The molecule has 26 heavy (non-hydrogen) atoms. The lowest BCUT2D eigenvalue weighted by atomic mass is 10.0. The van der Waals surface area contributed by atoms with Crippen molar-refractivity contribution in [2.45, 2.75) is 37.6 Å². The Balaban J connectivity index is 1.85. The Morgan fingerprint density at radius 3 is 2.54 bits per heavy atom. The first-order chi connectivity index (χ1) is 12.3. The van der Waals surface area contributed by atoms with E-state index < -0.39 is 16.1 Å². The fraction of sp³-hybridized carbons (Fsp3) is 0.316. The van der Waals surface area contributed by atoms with Gasteiger partial charge in [-0.2, -0.15) is 0 Å². The van der Waals surface area contributed by atoms with Crippen molar-refractivity contribution in [1.82, 2.24) is 4.72 Å². The van der Waals surface area contributed by atoms with Crippen LogP contribution in [0, 0.1) is 5.82 Å². The number of fused-ring (bicyclic) bond motifs is 1. The van der Waals surface area contributed by atoms with Crippen LogP contribution < -0.4 is 9.62 Å². The number of rotatable bonds is 4. The predicted molar refractivity (Wildman–Crippen MR) is 97.9 cm³/mol. The molecular weight excluding hydrogens is 355 g/mol. The van der Waals surface area contributed by atoms with Gasteiger partial charge in [0.1, 0.15) is 5.82 Å². The number of hydrogen-bond donors (Lipinski definition) is 1. The van der Waals surface area contributed by atoms with Gasteiger partial charge in [0.15, 0.2) is 0 Å². The first kappa shape index (κ1) is 18.5. The van der Waals surface area contributed by atoms with E-state index in [-0.39, 0.29) is 16.6 Å². The molecule has 2 aromatic rings. The highest BCUT2D eigenvalue weighted by Crippen LogP contribution is 2.30. The summed E-state index contributed by atoms with van der Waals surface area (Å²) in [5, 5.41) is 0. The van der Waals surface area contributed by atoms with Gasteiger partial charge in [0.05, 0.1) is 4.90 Å². The molecule has 0 fully saturated rings. The summed E-state index contributed by atoms with van der Waals surface area (Å²) >= 11 is 0. The minimum atomic E-state index is -3.74. The maximum absolute atomic E-state index is 13.0. The molecule has 0 spiro atoms. The van der Waals surface area contributed by atoms with Gasteiger partial charge in [0.25, 0.3) is 0 Å². The second-order valence-electron chi connectivity index (χ2n) is 6.46. The van der Waals surface area contributed by atoms with Gasteiger partial charge in [0.2, 0.25) is 15.9 Å². The van der Waals surface area contributed by atoms with Gasteiger partial charge >= 0.3 is 0 Å². The number of aryl methyl sites for hydroxylation is 1. The maximum Gasteiger partial charge on any atom is 0.241 e. The number of carbonyl (C=O) groups is 1. The van der Waals surface area contributed by atoms with Crippen LogP contribution in [0.25, 0.3) is 0 Å². The first-order valence-corrected chi connectivity index (χ1v) is 9.95. The van der Waals surface area contributed by atoms with E-state index >= 15 is 0 Å². The summed E-state index contributed by atoms with van der Waals surface area (Å²) in [6.07, 6.45) is 1.53. The van der Waals surface area contributed by atoms with Crippen molar-refractivity contribution in [3.8, 4) is 0 Å². The molecular formula is C19H21FN2O3S. The number of carbonyl (C=O) groups excluding carboxylic acids is 1. The number of anilines is 1. The standard InChI is InChI=1S/C19H21FN2O3S/c1-13(15-5-7-17(20)8-6-15)21-26(24,25)18-9-10-19-16(12-18)4-3-11-22(19)14(2)23/h5-10,12-13,21H,3-4,11H2,1-2H3. The fourth-order valence-electron chi connectivity index (χ4n) is 3.19. The summed E-state index contributed by atoms with van der Waals surface area (Å²) in [5.74, 6) is -0.418. The average molecular weight is 376 g/mol. The van der Waals surface area contributed by atoms with Crippen LogP contribution >= 0.6 is 0 Å². The summed E-state index contributed by atoms with van der Waals surface area (Å²) in [6, 6.07) is 10.0. The molecule has 1 amide bonds. The van der Waals surface area contributed by atoms with Crippen molar-refractivity contribution in [2.24, 2.45) is 0 Å². The third-order valence-electron chi connectivity index (χ3n) is 4.56. The van der Waals surface area contributed by atoms with Crippen LogP contribution in [-0.2, 0) is 21.2 Å². The summed E-state index contributed by atoms with van der Waals surface area (Å²) in [4.78, 5) is 13.6. The Labute approximate surface area is 152 Å². The zero-order valence-corrected chi connectivity index (χ0v) is 15.5. The molecule has 0 bridgehead atoms. The van der Waals surface area contributed by atoms with Crippen molar-refractivity contribution in [3.63, 3.8) is 0 Å². The lowest BCUT2D eigenvalue weighted by Gasteiger charge is -2.29. The second-order valence-corrected chi connectivity index (χ2v) is 8.17. The number of nitrogens with zero attached hydrogens (tertiary/aromatic N) is 1. The number of hydrogen-bond acceptors (Lipinski definition) is 3. The highest BCUT2D eigenvalue weighted by atomic mass is 32.2. The number of amides is 1. The molecule has 1 aliphatic rings. The monoisotopic (exact) mass is 376 g/mol. The SMILES string of the molecule is CC(=O)N1CCCc2cc(S(=O)(=O)NC(C)c3ccc(F)cc3)ccc21. The van der Waals surface area contributed by atoms with Crippen molar-refractivity contribution >= 4 is 21.6 Å². The highest BCUT2D eigenvalue weighted by molar-refractivity contribution is 7.89. The minimum absolute atomic E-state index is 0.0513. The van der Waals surface area contributed by atoms with Gasteiger partial charge in [-0.15, -0.1) is 0 Å². The maximum atomic E-state index is 13.0. The number of nitrogens with one attached hydrogen (secondary N) is 1. The molecule has 1 heterocycles. The van der Waals surface area contributed by atoms with Gasteiger partial charge in [-0.25, -0.2) is 17.5 Å². The molecule has 138 valence electrons. The van der Waals surface area contributed by atoms with E-state index in [1.54, 1.807) is 36.1 Å². The molecule has 0 aromatic heterocycles. The quantitative estimate of drug-likeness (QED) is 0.891. The van der Waals surface area contributed by atoms with Crippen molar-refractivity contribution in [3.05, 3.63) is 59.4 Å². The van der Waals surface area contributed by atoms with Crippen LogP contribution in [0.4, 0.5) is 10.1 Å². The lowest BCUT2D eigenvalue weighted by Crippen LogP contribution is -2.34. The Morgan fingerprint density at radius 2 is 1.88 bits per heavy atom. The van der Waals surface area contributed by atoms with Gasteiger partial charge in [-0.05, 0) is 61.2 Å². The minimum Gasteiger partial charge on any atom is -0.312 e. The molecule has 1 unspecified atom stereocenters. The zero-order valence-electron chi connectivity index (χ0n) is 14.7. The average Bonchev–Trinajstić information content (AvgIpc) is 2.60. The van der Waals surface area contributed by atoms with Crippen molar-refractivity contribution in [1.29, 1.82) is 0 Å². The first-order valence-electron chi connectivity index (χ1n) is 8.47. The molecule has 3 rings (SSSR count). The molecule has 5 nitrogen and oxygen atoms in total. The molecule has 0 saturated carbocycles. The summed E-state index contributed by atoms with van der Waals surface area (Å²) in [5.41, 5.74) is 2.30. The lowest BCUT2D eigenvalue weighted by molar-refractivity contribution is -0.116. The Hall–Kier alpha value is -2.25. The number of halogens is 1. The predicted octanol–water partition coefficient (Wildman–Crippen LogP) is 3.16. The summed E-state index contributed by atoms with van der Waals surface area (Å²) in [6.45, 7) is 3.86. The molecule has 2 aromatic carbocycles. The van der Waals surface area contributed by atoms with E-state index in [2.05, 4.69) is 4.72 Å². The number of benzene rings is 2. The van der Waals surface area contributed by atoms with Gasteiger partial charge in [-0.3, -0.25) is 4.79 Å². The van der Waals surface area contributed by atoms with Crippen LogP contribution in [-0.4, -0.2) is 20.9 Å². The molecule has 0 radical (unpaired) electrons. The van der Waals surface area contributed by atoms with Crippen molar-refractivity contribution < 1.29 is 17.6 Å². The molecule has 0 aliphatic carbocycles. The van der Waals surface area contributed by atoms with Crippen LogP contribution in [0.5, 0.6) is 0 Å². The number of sulfonamides is 1. The Bertz CT molecular complexity index is 926. The van der Waals surface area contributed by atoms with E-state index in [0.717, 1.165) is 24.1 Å². The van der Waals surface area contributed by atoms with E-state index in [4.69, 9.17) is 0 Å². The van der Waals surface area contributed by atoms with E-state index in [1.165, 1.54) is 25.1 Å². The molecule has 1 N–H and O–H groups in total. The molecule has 1 aliphatic heterocycles. The molecule has 0 saturated heterocycles. The van der Waals surface area contributed by atoms with Crippen LogP contribution in [0.1, 0.15) is 37.4 Å². The van der Waals surface area contributed by atoms with E-state index in [9.17, 15) is 17.6 Å².